The SMILES string of the molecule is CCC[C@H](C#CCO)N1CCC(=O)CC1. The van der Waals surface area contributed by atoms with Crippen LogP contribution >= 0.6 is 0 Å². The number of hydrogen-bond acceptors (Lipinski definition) is 3. The van der Waals surface area contributed by atoms with Crippen LogP contribution in [0.3, 0.4) is 0 Å². The fourth-order valence-electron chi connectivity index (χ4n) is 1.87. The Morgan fingerprint density at radius 3 is 2.67 bits per heavy atom. The molecule has 3 heteroatoms. The van der Waals surface area contributed by atoms with E-state index in [1.54, 1.807) is 0 Å². The molecule has 15 heavy (non-hydrogen) atoms. The number of carbonyl (C=O) groups excluding carboxylic acids is 1. The molecule has 0 saturated carbocycles. The molecule has 0 aliphatic carbocycles. The predicted molar refractivity (Wildman–Crippen MR) is 59.4 cm³/mol. The normalized spacial score (nSPS) is 19.5. The Hall–Kier alpha value is -0.850. The Morgan fingerprint density at radius 1 is 1.47 bits per heavy atom. The van der Waals surface area contributed by atoms with Crippen molar-refractivity contribution >= 4 is 5.78 Å². The summed E-state index contributed by atoms with van der Waals surface area (Å²) in [5.41, 5.74) is 0. The first-order valence-electron chi connectivity index (χ1n) is 5.63. The van der Waals surface area contributed by atoms with Gasteiger partial charge in [-0.25, -0.2) is 0 Å². The number of aliphatic hydroxyl groups excluding tert-OH is 1. The molecule has 84 valence electrons. The van der Waals surface area contributed by atoms with E-state index in [1.165, 1.54) is 0 Å². The molecule has 0 aromatic heterocycles. The van der Waals surface area contributed by atoms with Crippen LogP contribution in [0.15, 0.2) is 0 Å². The average Bonchev–Trinajstić information content (AvgIpc) is 2.25. The summed E-state index contributed by atoms with van der Waals surface area (Å²) in [5, 5.41) is 8.68. The molecule has 3 nitrogen and oxygen atoms in total. The zero-order valence-electron chi connectivity index (χ0n) is 9.33. The molecule has 0 spiro atoms. The zero-order valence-corrected chi connectivity index (χ0v) is 9.33. The lowest BCUT2D eigenvalue weighted by molar-refractivity contribution is -0.121. The molecule has 1 aliphatic rings. The second kappa shape index (κ2) is 6.60. The van der Waals surface area contributed by atoms with Crippen LogP contribution in [0.4, 0.5) is 0 Å². The van der Waals surface area contributed by atoms with E-state index in [4.69, 9.17) is 5.11 Å². The number of nitrogens with zero attached hydrogens (tertiary/aromatic N) is 1. The van der Waals surface area contributed by atoms with Crippen LogP contribution in [0.2, 0.25) is 0 Å². The van der Waals surface area contributed by atoms with Crippen molar-refractivity contribution < 1.29 is 9.90 Å². The summed E-state index contributed by atoms with van der Waals surface area (Å²) in [5.74, 6) is 6.15. The Balaban J connectivity index is 2.51. The maximum atomic E-state index is 11.1. The Labute approximate surface area is 91.5 Å². The molecule has 1 saturated heterocycles. The van der Waals surface area contributed by atoms with Gasteiger partial charge in [0.1, 0.15) is 12.4 Å². The lowest BCUT2D eigenvalue weighted by atomic mass is 10.0. The van der Waals surface area contributed by atoms with E-state index in [1.807, 2.05) is 0 Å². The molecule has 0 bridgehead atoms. The van der Waals surface area contributed by atoms with Crippen LogP contribution < -0.4 is 0 Å². The van der Waals surface area contributed by atoms with Crippen molar-refractivity contribution in [3.8, 4) is 11.8 Å². The van der Waals surface area contributed by atoms with Gasteiger partial charge in [-0.3, -0.25) is 9.69 Å². The molecule has 0 amide bonds. The zero-order chi connectivity index (χ0) is 11.1. The topological polar surface area (TPSA) is 40.5 Å². The van der Waals surface area contributed by atoms with E-state index in [0.29, 0.717) is 18.6 Å². The van der Waals surface area contributed by atoms with Gasteiger partial charge < -0.3 is 5.11 Å². The third kappa shape index (κ3) is 4.03. The quantitative estimate of drug-likeness (QED) is 0.699. The smallest absolute Gasteiger partial charge is 0.135 e. The van der Waals surface area contributed by atoms with Crippen molar-refractivity contribution in [3.05, 3.63) is 0 Å². The van der Waals surface area contributed by atoms with Crippen molar-refractivity contribution in [1.82, 2.24) is 4.90 Å². The number of carbonyl (C=O) groups is 1. The van der Waals surface area contributed by atoms with Crippen LogP contribution in [0.25, 0.3) is 0 Å². The fourth-order valence-corrected chi connectivity index (χ4v) is 1.87. The molecule has 1 rings (SSSR count). The van der Waals surface area contributed by atoms with E-state index in [2.05, 4.69) is 23.7 Å². The first-order chi connectivity index (χ1) is 7.27. The highest BCUT2D eigenvalue weighted by molar-refractivity contribution is 5.79. The number of rotatable bonds is 3. The standard InChI is InChI=1S/C12H19NO2/c1-2-4-11(5-3-10-14)13-8-6-12(15)7-9-13/h11,14H,2,4,6-10H2,1H3/t11-/m1/s1. The van der Waals surface area contributed by atoms with Crippen LogP contribution in [0.5, 0.6) is 0 Å². The van der Waals surface area contributed by atoms with Gasteiger partial charge in [-0.05, 0) is 6.42 Å². The van der Waals surface area contributed by atoms with Crippen molar-refractivity contribution in [1.29, 1.82) is 0 Å². The molecular formula is C12H19NO2. The van der Waals surface area contributed by atoms with Crippen LogP contribution in [-0.2, 0) is 4.79 Å². The minimum atomic E-state index is -0.0764. The third-order valence-electron chi connectivity index (χ3n) is 2.71. The molecule has 1 atom stereocenters. The molecule has 0 unspecified atom stereocenters. The Morgan fingerprint density at radius 2 is 2.13 bits per heavy atom. The minimum absolute atomic E-state index is 0.0764. The molecule has 1 aliphatic heterocycles. The Kier molecular flexibility index (Phi) is 5.38. The van der Waals surface area contributed by atoms with Gasteiger partial charge in [-0.15, -0.1) is 0 Å². The lowest BCUT2D eigenvalue weighted by Crippen LogP contribution is -2.40. The predicted octanol–water partition coefficient (Wildman–Crippen LogP) is 0.816. The summed E-state index contributed by atoms with van der Waals surface area (Å²) >= 11 is 0. The van der Waals surface area contributed by atoms with Crippen molar-refractivity contribution in [2.75, 3.05) is 19.7 Å². The maximum Gasteiger partial charge on any atom is 0.135 e. The third-order valence-corrected chi connectivity index (χ3v) is 2.71. The van der Waals surface area contributed by atoms with Gasteiger partial charge in [0.15, 0.2) is 0 Å². The first kappa shape index (κ1) is 12.2. The summed E-state index contributed by atoms with van der Waals surface area (Å²) in [6.45, 7) is 3.70. The molecule has 0 radical (unpaired) electrons. The van der Waals surface area contributed by atoms with Crippen LogP contribution in [0, 0.1) is 11.8 Å². The van der Waals surface area contributed by atoms with E-state index >= 15 is 0 Å². The largest absolute Gasteiger partial charge is 0.384 e. The summed E-state index contributed by atoms with van der Waals surface area (Å²) in [6.07, 6.45) is 3.40. The first-order valence-corrected chi connectivity index (χ1v) is 5.63. The summed E-state index contributed by atoms with van der Waals surface area (Å²) < 4.78 is 0. The maximum absolute atomic E-state index is 11.1. The highest BCUT2D eigenvalue weighted by Crippen LogP contribution is 2.13. The van der Waals surface area contributed by atoms with Gasteiger partial charge in [-0.1, -0.05) is 25.2 Å². The van der Waals surface area contributed by atoms with Gasteiger partial charge in [-0.2, -0.15) is 0 Å². The molecule has 0 aromatic carbocycles. The van der Waals surface area contributed by atoms with Gasteiger partial charge in [0.25, 0.3) is 0 Å². The van der Waals surface area contributed by atoms with E-state index in [-0.39, 0.29) is 12.6 Å². The van der Waals surface area contributed by atoms with Crippen LogP contribution in [-0.4, -0.2) is 41.5 Å². The number of ketones is 1. The van der Waals surface area contributed by atoms with Crippen molar-refractivity contribution in [2.24, 2.45) is 0 Å². The number of hydrogen-bond donors (Lipinski definition) is 1. The van der Waals surface area contributed by atoms with Crippen molar-refractivity contribution in [2.45, 2.75) is 38.6 Å². The van der Waals surface area contributed by atoms with Crippen LogP contribution in [0.1, 0.15) is 32.6 Å². The monoisotopic (exact) mass is 209 g/mol. The molecule has 1 N–H and O–H groups in total. The number of aliphatic hydroxyl groups is 1. The van der Waals surface area contributed by atoms with Gasteiger partial charge >= 0.3 is 0 Å². The lowest BCUT2D eigenvalue weighted by Gasteiger charge is -2.30. The van der Waals surface area contributed by atoms with Crippen molar-refractivity contribution in [3.63, 3.8) is 0 Å². The fraction of sp³-hybridized carbons (Fsp3) is 0.750. The molecule has 0 aromatic rings. The van der Waals surface area contributed by atoms with E-state index < -0.39 is 0 Å². The van der Waals surface area contributed by atoms with E-state index in [9.17, 15) is 4.79 Å². The average molecular weight is 209 g/mol. The number of Topliss-reactive ketones (excluding diaryl/α,β-unsaturated/α-hetero) is 1. The molecular weight excluding hydrogens is 190 g/mol. The Bertz CT molecular complexity index is 255. The summed E-state index contributed by atoms with van der Waals surface area (Å²) in [7, 11) is 0. The second-order valence-electron chi connectivity index (χ2n) is 3.86. The summed E-state index contributed by atoms with van der Waals surface area (Å²) in [4.78, 5) is 13.4. The molecule has 1 fully saturated rings. The summed E-state index contributed by atoms with van der Waals surface area (Å²) in [6, 6.07) is 0.218. The highest BCUT2D eigenvalue weighted by atomic mass is 16.2. The number of likely N-dealkylation sites (tertiary alicyclic amines) is 1. The van der Waals surface area contributed by atoms with Gasteiger partial charge in [0, 0.05) is 25.9 Å². The van der Waals surface area contributed by atoms with E-state index in [0.717, 1.165) is 25.9 Å². The molecule has 1 heterocycles. The highest BCUT2D eigenvalue weighted by Gasteiger charge is 2.21. The minimum Gasteiger partial charge on any atom is -0.384 e. The van der Waals surface area contributed by atoms with Gasteiger partial charge in [0.05, 0.1) is 6.04 Å². The second-order valence-corrected chi connectivity index (χ2v) is 3.86. The number of piperidine rings is 1. The van der Waals surface area contributed by atoms with Gasteiger partial charge in [0.2, 0.25) is 0 Å².